The molecule has 3 N–H and O–H groups in total. The number of hydrogen-bond acceptors (Lipinski definition) is 7. The van der Waals surface area contributed by atoms with Gasteiger partial charge in [0.25, 0.3) is 0 Å². The van der Waals surface area contributed by atoms with Gasteiger partial charge in [0.1, 0.15) is 25.0 Å². The van der Waals surface area contributed by atoms with E-state index in [1.54, 1.807) is 9.47 Å². The Bertz CT molecular complexity index is 1140. The molecule has 2 aliphatic rings. The zero-order valence-corrected chi connectivity index (χ0v) is 16.9. The first-order valence-electron chi connectivity index (χ1n) is 9.57. The van der Waals surface area contributed by atoms with Crippen molar-refractivity contribution in [2.75, 3.05) is 31.7 Å². The van der Waals surface area contributed by atoms with Crippen molar-refractivity contribution < 1.29 is 23.9 Å². The Labute approximate surface area is 171 Å². The van der Waals surface area contributed by atoms with E-state index in [2.05, 4.69) is 5.16 Å². The Morgan fingerprint density at radius 3 is 2.90 bits per heavy atom. The van der Waals surface area contributed by atoms with Gasteiger partial charge in [-0.15, -0.1) is 0 Å². The molecule has 160 valence electrons. The van der Waals surface area contributed by atoms with Crippen molar-refractivity contribution in [3.05, 3.63) is 33.9 Å². The molecule has 9 nitrogen and oxygen atoms in total. The van der Waals surface area contributed by atoms with Crippen LogP contribution in [-0.2, 0) is 4.84 Å². The number of hydrogen-bond donors (Lipinski definition) is 2. The summed E-state index contributed by atoms with van der Waals surface area (Å²) in [4.78, 5) is 30.9. The van der Waals surface area contributed by atoms with Crippen molar-refractivity contribution >= 4 is 28.3 Å². The van der Waals surface area contributed by atoms with Crippen LogP contribution in [0.3, 0.4) is 0 Å². The van der Waals surface area contributed by atoms with Gasteiger partial charge in [-0.3, -0.25) is 4.79 Å². The summed E-state index contributed by atoms with van der Waals surface area (Å²) in [6.07, 6.45) is 1.81. The minimum absolute atomic E-state index is 0.0239. The van der Waals surface area contributed by atoms with Gasteiger partial charge in [0, 0.05) is 12.7 Å². The number of nitrogens with two attached hydrogens (primary N) is 1. The van der Waals surface area contributed by atoms with Crippen LogP contribution < -0.4 is 20.8 Å². The molecular formula is C20H23FN4O5. The van der Waals surface area contributed by atoms with E-state index in [1.807, 2.05) is 13.8 Å². The fraction of sp³-hybridized carbons (Fsp3) is 0.450. The number of halogens is 1. The molecule has 2 aliphatic heterocycles. The molecule has 30 heavy (non-hydrogen) atoms. The molecule has 2 atom stereocenters. The van der Waals surface area contributed by atoms with E-state index in [4.69, 9.17) is 15.3 Å². The largest absolute Gasteiger partial charge is 0.487 e. The second-order valence-electron chi connectivity index (χ2n) is 7.99. The number of benzene rings is 1. The average Bonchev–Trinajstić information content (AvgIpc) is 2.68. The molecule has 0 amide bonds. The smallest absolute Gasteiger partial charge is 0.341 e. The van der Waals surface area contributed by atoms with E-state index in [1.165, 1.54) is 13.3 Å². The molecule has 1 aromatic carbocycles. The van der Waals surface area contributed by atoms with Crippen molar-refractivity contribution in [3.8, 4) is 5.75 Å². The minimum Gasteiger partial charge on any atom is -0.487 e. The monoisotopic (exact) mass is 418 g/mol. The molecule has 3 heterocycles. The Morgan fingerprint density at radius 1 is 1.50 bits per heavy atom. The van der Waals surface area contributed by atoms with E-state index < -0.39 is 28.3 Å². The molecule has 0 spiro atoms. The molecule has 10 heteroatoms. The van der Waals surface area contributed by atoms with Crippen LogP contribution in [0.4, 0.5) is 10.1 Å². The summed E-state index contributed by atoms with van der Waals surface area (Å²) in [6, 6.07) is 0.862. The predicted octanol–water partition coefficient (Wildman–Crippen LogP) is 1.72. The highest BCUT2D eigenvalue weighted by molar-refractivity contribution is 6.00. The number of nitrogens with zero attached hydrogens (tertiary/aromatic N) is 3. The molecular weight excluding hydrogens is 395 g/mol. The second-order valence-corrected chi connectivity index (χ2v) is 7.99. The molecule has 2 aromatic rings. The molecule has 0 aliphatic carbocycles. The van der Waals surface area contributed by atoms with Gasteiger partial charge in [0.05, 0.1) is 34.7 Å². The van der Waals surface area contributed by atoms with Gasteiger partial charge in [-0.25, -0.2) is 9.18 Å². The van der Waals surface area contributed by atoms with Gasteiger partial charge >= 0.3 is 5.97 Å². The minimum atomic E-state index is -1.35. The first kappa shape index (κ1) is 20.1. The number of anilines is 1. The Morgan fingerprint density at radius 2 is 2.23 bits per heavy atom. The first-order valence-corrected chi connectivity index (χ1v) is 9.57. The van der Waals surface area contributed by atoms with Crippen LogP contribution >= 0.6 is 0 Å². The summed E-state index contributed by atoms with van der Waals surface area (Å²) >= 11 is 0. The van der Waals surface area contributed by atoms with Gasteiger partial charge in [0.15, 0.2) is 11.6 Å². The number of aromatic nitrogens is 1. The van der Waals surface area contributed by atoms with E-state index in [0.717, 1.165) is 6.07 Å². The van der Waals surface area contributed by atoms with Crippen LogP contribution in [-0.4, -0.2) is 53.7 Å². The van der Waals surface area contributed by atoms with E-state index in [0.29, 0.717) is 24.2 Å². The van der Waals surface area contributed by atoms with Crippen LogP contribution in [0.15, 0.2) is 22.2 Å². The Balaban J connectivity index is 1.95. The maximum absolute atomic E-state index is 15.3. The van der Waals surface area contributed by atoms with Crippen molar-refractivity contribution in [2.45, 2.75) is 31.8 Å². The summed E-state index contributed by atoms with van der Waals surface area (Å²) < 4.78 is 22.9. The zero-order valence-electron chi connectivity index (χ0n) is 16.9. The van der Waals surface area contributed by atoms with E-state index in [-0.39, 0.29) is 36.0 Å². The Kier molecular flexibility index (Phi) is 4.69. The predicted molar refractivity (Wildman–Crippen MR) is 109 cm³/mol. The van der Waals surface area contributed by atoms with Crippen molar-refractivity contribution in [1.82, 2.24) is 4.57 Å². The number of rotatable bonds is 3. The second kappa shape index (κ2) is 6.98. The van der Waals surface area contributed by atoms with Gasteiger partial charge in [0.2, 0.25) is 5.43 Å². The number of piperidine rings is 1. The van der Waals surface area contributed by atoms with Crippen LogP contribution in [0.5, 0.6) is 5.75 Å². The fourth-order valence-electron chi connectivity index (χ4n) is 4.04. The van der Waals surface area contributed by atoms with Gasteiger partial charge in [-0.1, -0.05) is 5.16 Å². The molecule has 1 aromatic heterocycles. The number of pyridine rings is 1. The lowest BCUT2D eigenvalue weighted by Crippen LogP contribution is -2.56. The first-order chi connectivity index (χ1) is 14.2. The quantitative estimate of drug-likeness (QED) is 0.729. The average molecular weight is 418 g/mol. The van der Waals surface area contributed by atoms with E-state index in [9.17, 15) is 14.7 Å². The summed E-state index contributed by atoms with van der Waals surface area (Å²) in [5.74, 6) is -1.81. The fourth-order valence-corrected chi connectivity index (χ4v) is 4.04. The summed E-state index contributed by atoms with van der Waals surface area (Å²) in [5.41, 5.74) is 5.61. The third-order valence-electron chi connectivity index (χ3n) is 5.79. The van der Waals surface area contributed by atoms with Crippen molar-refractivity contribution in [3.63, 3.8) is 0 Å². The number of aromatic carboxylic acids is 1. The lowest BCUT2D eigenvalue weighted by molar-refractivity contribution is 0.0694. The molecule has 1 saturated heterocycles. The summed E-state index contributed by atoms with van der Waals surface area (Å²) in [7, 11) is 1.42. The lowest BCUT2D eigenvalue weighted by atomic mass is 9.88. The summed E-state index contributed by atoms with van der Waals surface area (Å²) in [5, 5.41) is 13.4. The van der Waals surface area contributed by atoms with Crippen LogP contribution in [0.2, 0.25) is 0 Å². The summed E-state index contributed by atoms with van der Waals surface area (Å²) in [6.45, 7) is 4.56. The topological polar surface area (TPSA) is 119 Å². The van der Waals surface area contributed by atoms with E-state index >= 15 is 4.39 Å². The molecule has 1 fully saturated rings. The molecule has 4 rings (SSSR count). The number of carboxylic acids is 1. The van der Waals surface area contributed by atoms with Gasteiger partial charge < -0.3 is 29.9 Å². The van der Waals surface area contributed by atoms with Crippen LogP contribution in [0.25, 0.3) is 10.9 Å². The van der Waals surface area contributed by atoms with Crippen LogP contribution in [0.1, 0.15) is 36.7 Å². The molecule has 2 unspecified atom stereocenters. The zero-order chi connectivity index (χ0) is 21.8. The maximum Gasteiger partial charge on any atom is 0.341 e. The highest BCUT2D eigenvalue weighted by Crippen LogP contribution is 2.42. The molecule has 0 radical (unpaired) electrons. The van der Waals surface area contributed by atoms with Gasteiger partial charge in [-0.05, 0) is 26.3 Å². The number of carboxylic acid groups (broad SMARTS) is 1. The lowest BCUT2D eigenvalue weighted by Gasteiger charge is -2.40. The maximum atomic E-state index is 15.3. The highest BCUT2D eigenvalue weighted by Gasteiger charge is 2.37. The van der Waals surface area contributed by atoms with Gasteiger partial charge in [-0.2, -0.15) is 0 Å². The number of oxime groups is 1. The highest BCUT2D eigenvalue weighted by atomic mass is 19.1. The Hall–Kier alpha value is -3.14. The van der Waals surface area contributed by atoms with Crippen molar-refractivity contribution in [1.29, 1.82) is 0 Å². The van der Waals surface area contributed by atoms with Crippen molar-refractivity contribution in [2.24, 2.45) is 10.9 Å². The van der Waals surface area contributed by atoms with Crippen LogP contribution in [0, 0.1) is 5.82 Å². The third kappa shape index (κ3) is 2.98. The normalized spacial score (nSPS) is 24.8. The number of ether oxygens (including phenoxy) is 1. The third-order valence-corrected chi connectivity index (χ3v) is 5.79. The SMILES string of the molecule is CO/N=C1/CN(c2c(F)cc3c(=O)c(C(=O)O)cn4c3c2OCC4C)CCC1(C)N. The molecule has 0 saturated carbocycles. The number of carbonyl (C=O) groups is 1. The standard InChI is InChI=1S/C20H23FN4O5/c1-10-9-30-18-15-11(17(26)12(19(27)28)7-25(10)15)6-13(21)16(18)24-5-4-20(2,22)14(8-24)23-29-3/h6-7,10H,4-5,8-9,22H2,1-3H3,(H,27,28)/b23-14-. The molecule has 0 bridgehead atoms.